The van der Waals surface area contributed by atoms with E-state index in [0.29, 0.717) is 22.6 Å². The van der Waals surface area contributed by atoms with E-state index in [1.165, 1.54) is 17.4 Å². The lowest BCUT2D eigenvalue weighted by Crippen LogP contribution is -2.05. The van der Waals surface area contributed by atoms with Crippen molar-refractivity contribution in [3.63, 3.8) is 0 Å². The van der Waals surface area contributed by atoms with Gasteiger partial charge in [-0.2, -0.15) is 0 Å². The average molecular weight is 325 g/mol. The van der Waals surface area contributed by atoms with Crippen molar-refractivity contribution >= 4 is 34.9 Å². The van der Waals surface area contributed by atoms with Crippen molar-refractivity contribution in [1.29, 1.82) is 0 Å². The largest absolute Gasteiger partial charge is 0.493 e. The number of primary amides is 1. The molecule has 0 radical (unpaired) electrons. The Hall–Kier alpha value is -2.05. The number of halogens is 1. The smallest absolute Gasteiger partial charge is 0.241 e. The van der Waals surface area contributed by atoms with E-state index in [1.54, 1.807) is 37.6 Å². The van der Waals surface area contributed by atoms with Gasteiger partial charge in [0.15, 0.2) is 16.0 Å². The summed E-state index contributed by atoms with van der Waals surface area (Å²) in [6.07, 6.45) is 4.57. The maximum absolute atomic E-state index is 10.7. The molecule has 2 rings (SSSR count). The van der Waals surface area contributed by atoms with Crippen LogP contribution in [0.4, 0.5) is 0 Å². The quantitative estimate of drug-likeness (QED) is 0.829. The lowest BCUT2D eigenvalue weighted by Gasteiger charge is -2.10. The van der Waals surface area contributed by atoms with Gasteiger partial charge in [0.05, 0.1) is 12.0 Å². The van der Waals surface area contributed by atoms with Crippen LogP contribution in [-0.2, 0) is 11.4 Å². The van der Waals surface area contributed by atoms with Crippen molar-refractivity contribution in [2.24, 2.45) is 5.73 Å². The first-order chi connectivity index (χ1) is 10.1. The van der Waals surface area contributed by atoms with Gasteiger partial charge < -0.3 is 15.2 Å². The first kappa shape index (κ1) is 15.3. The van der Waals surface area contributed by atoms with Crippen molar-refractivity contribution in [3.05, 3.63) is 45.4 Å². The van der Waals surface area contributed by atoms with Crippen LogP contribution >= 0.6 is 22.9 Å². The molecule has 2 N–H and O–H groups in total. The monoisotopic (exact) mass is 324 g/mol. The highest BCUT2D eigenvalue weighted by molar-refractivity contribution is 7.15. The van der Waals surface area contributed by atoms with Crippen LogP contribution in [0.1, 0.15) is 10.4 Å². The van der Waals surface area contributed by atoms with Gasteiger partial charge in [-0.25, -0.2) is 4.98 Å². The Morgan fingerprint density at radius 1 is 1.48 bits per heavy atom. The summed E-state index contributed by atoms with van der Waals surface area (Å²) in [6.45, 7) is 0.358. The Kier molecular flexibility index (Phi) is 5.19. The number of carbonyl (C=O) groups excluding carboxylic acids is 1. The second-order valence-corrected chi connectivity index (χ2v) is 5.71. The SMILES string of the molecule is COc1cc(/C=C\C(N)=O)ccc1OCc1cnc(Cl)s1. The number of rotatable bonds is 6. The van der Waals surface area contributed by atoms with E-state index in [4.69, 9.17) is 26.8 Å². The number of thiazole rings is 1. The predicted octanol–water partition coefficient (Wildman–Crippen LogP) is 2.88. The molecule has 0 aliphatic heterocycles. The van der Waals surface area contributed by atoms with E-state index < -0.39 is 5.91 Å². The van der Waals surface area contributed by atoms with E-state index in [0.717, 1.165) is 10.4 Å². The van der Waals surface area contributed by atoms with E-state index >= 15 is 0 Å². The van der Waals surface area contributed by atoms with Gasteiger partial charge in [0.2, 0.25) is 5.91 Å². The Balaban J connectivity index is 2.10. The predicted molar refractivity (Wildman–Crippen MR) is 82.7 cm³/mol. The van der Waals surface area contributed by atoms with Gasteiger partial charge in [0, 0.05) is 12.3 Å². The lowest BCUT2D eigenvalue weighted by molar-refractivity contribution is -0.113. The van der Waals surface area contributed by atoms with Gasteiger partial charge in [-0.15, -0.1) is 11.3 Å². The minimum atomic E-state index is -0.503. The first-order valence-electron chi connectivity index (χ1n) is 5.97. The third kappa shape index (κ3) is 4.47. The number of methoxy groups -OCH3 is 1. The molecule has 1 aromatic heterocycles. The van der Waals surface area contributed by atoms with Gasteiger partial charge in [-0.05, 0) is 23.8 Å². The first-order valence-corrected chi connectivity index (χ1v) is 7.16. The summed E-state index contributed by atoms with van der Waals surface area (Å²) in [5.74, 6) is 0.659. The molecule has 0 fully saturated rings. The van der Waals surface area contributed by atoms with Gasteiger partial charge in [-0.1, -0.05) is 17.7 Å². The fourth-order valence-corrected chi connectivity index (χ4v) is 2.48. The molecule has 21 heavy (non-hydrogen) atoms. The van der Waals surface area contributed by atoms with Crippen LogP contribution in [0.5, 0.6) is 11.5 Å². The second-order valence-electron chi connectivity index (χ2n) is 4.01. The molecule has 0 spiro atoms. The summed E-state index contributed by atoms with van der Waals surface area (Å²) in [5.41, 5.74) is 5.85. The number of hydrogen-bond acceptors (Lipinski definition) is 5. The van der Waals surface area contributed by atoms with Crippen LogP contribution in [0.2, 0.25) is 4.47 Å². The molecule has 1 aromatic carbocycles. The second kappa shape index (κ2) is 7.10. The molecule has 0 bridgehead atoms. The molecule has 0 atom stereocenters. The maximum atomic E-state index is 10.7. The minimum absolute atomic E-state index is 0.358. The standard InChI is InChI=1S/C14H13ClN2O3S/c1-19-12-6-9(3-5-13(16)18)2-4-11(12)20-8-10-7-17-14(15)21-10/h2-7H,8H2,1H3,(H2,16,18)/b5-3-. The molecular formula is C14H13ClN2O3S. The number of benzene rings is 1. The summed E-state index contributed by atoms with van der Waals surface area (Å²) < 4.78 is 11.4. The van der Waals surface area contributed by atoms with Crippen LogP contribution in [0.15, 0.2) is 30.5 Å². The number of nitrogens with two attached hydrogens (primary N) is 1. The van der Waals surface area contributed by atoms with Crippen molar-refractivity contribution in [2.75, 3.05) is 7.11 Å². The number of ether oxygens (including phenoxy) is 2. The number of nitrogens with zero attached hydrogens (tertiary/aromatic N) is 1. The fourth-order valence-electron chi connectivity index (χ4n) is 1.58. The average Bonchev–Trinajstić information content (AvgIpc) is 2.88. The molecule has 5 nitrogen and oxygen atoms in total. The summed E-state index contributed by atoms with van der Waals surface area (Å²) in [5, 5.41) is 0. The molecule has 7 heteroatoms. The number of hydrogen-bond donors (Lipinski definition) is 1. The summed E-state index contributed by atoms with van der Waals surface area (Å²) in [7, 11) is 1.55. The van der Waals surface area contributed by atoms with E-state index in [9.17, 15) is 4.79 Å². The van der Waals surface area contributed by atoms with Crippen molar-refractivity contribution in [1.82, 2.24) is 4.98 Å². The van der Waals surface area contributed by atoms with Crippen LogP contribution in [0.3, 0.4) is 0 Å². The van der Waals surface area contributed by atoms with Crippen LogP contribution in [0.25, 0.3) is 6.08 Å². The summed E-state index contributed by atoms with van der Waals surface area (Å²) in [6, 6.07) is 5.33. The van der Waals surface area contributed by atoms with Crippen LogP contribution in [-0.4, -0.2) is 18.0 Å². The van der Waals surface area contributed by atoms with Crippen molar-refractivity contribution in [2.45, 2.75) is 6.61 Å². The van der Waals surface area contributed by atoms with E-state index in [2.05, 4.69) is 4.98 Å². The van der Waals surface area contributed by atoms with Crippen LogP contribution in [0, 0.1) is 0 Å². The van der Waals surface area contributed by atoms with Crippen molar-refractivity contribution < 1.29 is 14.3 Å². The molecule has 0 unspecified atom stereocenters. The Labute approximate surface area is 131 Å². The molecule has 0 aliphatic rings. The number of amides is 1. The van der Waals surface area contributed by atoms with Crippen LogP contribution < -0.4 is 15.2 Å². The molecule has 0 saturated heterocycles. The summed E-state index contributed by atoms with van der Waals surface area (Å²) >= 11 is 7.12. The molecule has 1 heterocycles. The van der Waals surface area contributed by atoms with Crippen molar-refractivity contribution in [3.8, 4) is 11.5 Å². The Morgan fingerprint density at radius 2 is 2.29 bits per heavy atom. The van der Waals surface area contributed by atoms with Gasteiger partial charge in [-0.3, -0.25) is 4.79 Å². The molecule has 0 aliphatic carbocycles. The lowest BCUT2D eigenvalue weighted by atomic mass is 10.2. The Bertz CT molecular complexity index is 670. The van der Waals surface area contributed by atoms with Gasteiger partial charge in [0.1, 0.15) is 6.61 Å². The van der Waals surface area contributed by atoms with E-state index in [-0.39, 0.29) is 0 Å². The Morgan fingerprint density at radius 3 is 2.90 bits per heavy atom. The number of aromatic nitrogens is 1. The minimum Gasteiger partial charge on any atom is -0.493 e. The topological polar surface area (TPSA) is 74.4 Å². The molecular weight excluding hydrogens is 312 g/mol. The molecule has 0 saturated carbocycles. The fraction of sp³-hybridized carbons (Fsp3) is 0.143. The van der Waals surface area contributed by atoms with Gasteiger partial charge in [0.25, 0.3) is 0 Å². The molecule has 1 amide bonds. The zero-order chi connectivity index (χ0) is 15.2. The highest BCUT2D eigenvalue weighted by Gasteiger charge is 2.07. The zero-order valence-corrected chi connectivity index (χ0v) is 12.8. The summed E-state index contributed by atoms with van der Waals surface area (Å²) in [4.78, 5) is 15.6. The number of carbonyl (C=O) groups is 1. The molecule has 2 aromatic rings. The third-order valence-electron chi connectivity index (χ3n) is 2.52. The van der Waals surface area contributed by atoms with E-state index in [1.807, 2.05) is 0 Å². The van der Waals surface area contributed by atoms with Gasteiger partial charge >= 0.3 is 0 Å². The molecule has 110 valence electrons. The maximum Gasteiger partial charge on any atom is 0.241 e. The highest BCUT2D eigenvalue weighted by atomic mass is 35.5. The third-order valence-corrected chi connectivity index (χ3v) is 3.61. The normalized spacial score (nSPS) is 10.8. The highest BCUT2D eigenvalue weighted by Crippen LogP contribution is 2.30. The zero-order valence-electron chi connectivity index (χ0n) is 11.2.